The van der Waals surface area contributed by atoms with Crippen LogP contribution in [0.5, 0.6) is 5.75 Å². The largest absolute Gasteiger partial charge is 0.569 e. The number of imidazole rings is 2. The standard InChI is InChI=1S/C19H17N3.C11H11BrN2.C8H7BNO2/c1-13-10-15(6-7-19(13)22-11-14(2)21-12-22)16-4-3-5-18-17(16)8-9-20-18;1-8-5-10(12)3-4-11(8)14-6-9(2)13-7-14;11-9-12-8-3-1-2-7-6(8)4-5-10-7/h3-12,20H,1-2H3;3-7H,1-2H3;1-5,10-11H. The van der Waals surface area contributed by atoms with Crippen molar-refractivity contribution in [2.45, 2.75) is 27.7 Å². The van der Waals surface area contributed by atoms with E-state index in [0.717, 1.165) is 26.8 Å². The van der Waals surface area contributed by atoms with Gasteiger partial charge in [-0.25, -0.2) is 9.97 Å². The summed E-state index contributed by atoms with van der Waals surface area (Å²) < 4.78 is 10.1. The van der Waals surface area contributed by atoms with Gasteiger partial charge in [0.1, 0.15) is 5.75 Å². The first-order chi connectivity index (χ1) is 23.3. The molecule has 48 heavy (non-hydrogen) atoms. The average molecular weight is 698 g/mol. The van der Waals surface area contributed by atoms with Crippen LogP contribution in [0.15, 0.2) is 127 Å². The van der Waals surface area contributed by atoms with E-state index < -0.39 is 0 Å². The van der Waals surface area contributed by atoms with Crippen molar-refractivity contribution in [3.05, 3.63) is 149 Å². The van der Waals surface area contributed by atoms with Crippen LogP contribution in [0.25, 0.3) is 44.3 Å². The van der Waals surface area contributed by atoms with Crippen molar-refractivity contribution in [3.63, 3.8) is 0 Å². The molecule has 1 radical (unpaired) electrons. The Bertz CT molecular complexity index is 2300. The number of H-pyrrole nitrogens is 2. The fraction of sp³-hybridized carbons (Fsp3) is 0.105. The molecular formula is C38H35BBrN6O2. The van der Waals surface area contributed by atoms with Crippen LogP contribution in [-0.2, 0) is 0 Å². The molecule has 0 spiro atoms. The molecule has 0 fully saturated rings. The molecule has 4 aromatic carbocycles. The Balaban J connectivity index is 0.000000134. The van der Waals surface area contributed by atoms with Crippen molar-refractivity contribution in [1.29, 1.82) is 0 Å². The number of nitrogens with zero attached hydrogens (tertiary/aromatic N) is 4. The Kier molecular flexibility index (Phi) is 9.94. The molecule has 10 heteroatoms. The lowest BCUT2D eigenvalue weighted by atomic mass is 9.99. The molecule has 0 aliphatic rings. The summed E-state index contributed by atoms with van der Waals surface area (Å²) in [7, 11) is 0.682. The van der Waals surface area contributed by atoms with E-state index in [2.05, 4.69) is 115 Å². The average Bonchev–Trinajstić information content (AvgIpc) is 3.90. The van der Waals surface area contributed by atoms with Gasteiger partial charge in [0.2, 0.25) is 0 Å². The Morgan fingerprint density at radius 3 is 1.85 bits per heavy atom. The maximum absolute atomic E-state index is 8.46. The molecule has 0 unspecified atom stereocenters. The fourth-order valence-corrected chi connectivity index (χ4v) is 6.16. The van der Waals surface area contributed by atoms with Crippen LogP contribution in [0.1, 0.15) is 22.5 Å². The van der Waals surface area contributed by atoms with E-state index >= 15 is 0 Å². The normalized spacial score (nSPS) is 10.7. The molecule has 0 aliphatic heterocycles. The number of hydrogen-bond donors (Lipinski definition) is 3. The summed E-state index contributed by atoms with van der Waals surface area (Å²) in [6, 6.07) is 28.8. The van der Waals surface area contributed by atoms with E-state index in [0.29, 0.717) is 13.4 Å². The number of aryl methyl sites for hydroxylation is 4. The van der Waals surface area contributed by atoms with E-state index in [1.807, 2.05) is 73.9 Å². The topological polar surface area (TPSA) is 96.7 Å². The molecule has 0 amide bonds. The van der Waals surface area contributed by atoms with Crippen LogP contribution < -0.4 is 4.65 Å². The predicted molar refractivity (Wildman–Crippen MR) is 198 cm³/mol. The van der Waals surface area contributed by atoms with E-state index in [9.17, 15) is 0 Å². The molecule has 3 N–H and O–H groups in total. The van der Waals surface area contributed by atoms with Gasteiger partial charge in [-0.05, 0) is 111 Å². The first-order valence-electron chi connectivity index (χ1n) is 15.4. The minimum atomic E-state index is 0.649. The molecule has 0 saturated heterocycles. The molecule has 8 rings (SSSR count). The van der Waals surface area contributed by atoms with Crippen LogP contribution in [0.3, 0.4) is 0 Å². The summed E-state index contributed by atoms with van der Waals surface area (Å²) in [4.78, 5) is 14.8. The Morgan fingerprint density at radius 2 is 1.27 bits per heavy atom. The highest BCUT2D eigenvalue weighted by atomic mass is 79.9. The first-order valence-corrected chi connectivity index (χ1v) is 16.2. The summed E-state index contributed by atoms with van der Waals surface area (Å²) in [5.41, 5.74) is 11.5. The number of hydrogen-bond acceptors (Lipinski definition) is 4. The van der Waals surface area contributed by atoms with Gasteiger partial charge in [0.25, 0.3) is 0 Å². The summed E-state index contributed by atoms with van der Waals surface area (Å²) >= 11 is 3.45. The highest BCUT2D eigenvalue weighted by Gasteiger charge is 2.08. The summed E-state index contributed by atoms with van der Waals surface area (Å²) in [6.45, 7) is 8.23. The highest BCUT2D eigenvalue weighted by molar-refractivity contribution is 9.10. The van der Waals surface area contributed by atoms with Gasteiger partial charge in [0.05, 0.1) is 24.0 Å². The van der Waals surface area contributed by atoms with Gasteiger partial charge >= 0.3 is 7.69 Å². The zero-order chi connectivity index (χ0) is 33.6. The van der Waals surface area contributed by atoms with Crippen molar-refractivity contribution in [1.82, 2.24) is 29.1 Å². The number of aromatic nitrogens is 6. The van der Waals surface area contributed by atoms with E-state index in [4.69, 9.17) is 9.68 Å². The third-order valence-corrected chi connectivity index (χ3v) is 8.47. The summed E-state index contributed by atoms with van der Waals surface area (Å²) in [5.74, 6) is 0.649. The van der Waals surface area contributed by atoms with Gasteiger partial charge in [-0.3, -0.25) is 0 Å². The second-order valence-electron chi connectivity index (χ2n) is 11.4. The minimum absolute atomic E-state index is 0.649. The Morgan fingerprint density at radius 1 is 0.688 bits per heavy atom. The van der Waals surface area contributed by atoms with Crippen molar-refractivity contribution >= 4 is 45.4 Å². The van der Waals surface area contributed by atoms with Gasteiger partial charge in [-0.2, -0.15) is 0 Å². The number of aromatic amines is 2. The van der Waals surface area contributed by atoms with E-state index in [-0.39, 0.29) is 0 Å². The molecule has 0 aliphatic carbocycles. The number of benzene rings is 4. The van der Waals surface area contributed by atoms with Crippen LogP contribution in [-0.4, -0.2) is 41.8 Å². The smallest absolute Gasteiger partial charge is 0.537 e. The van der Waals surface area contributed by atoms with Gasteiger partial charge < -0.3 is 28.8 Å². The predicted octanol–water partition coefficient (Wildman–Crippen LogP) is 8.96. The number of fused-ring (bicyclic) bond motifs is 2. The van der Waals surface area contributed by atoms with Gasteiger partial charge in [-0.15, -0.1) is 0 Å². The maximum Gasteiger partial charge on any atom is 0.569 e. The molecule has 8 nitrogen and oxygen atoms in total. The molecule has 0 saturated carbocycles. The van der Waals surface area contributed by atoms with Gasteiger partial charge in [0.15, 0.2) is 0 Å². The third kappa shape index (κ3) is 7.30. The molecular weight excluding hydrogens is 663 g/mol. The van der Waals surface area contributed by atoms with Crippen molar-refractivity contribution < 1.29 is 9.68 Å². The third-order valence-electron chi connectivity index (χ3n) is 7.98. The molecule has 239 valence electrons. The maximum atomic E-state index is 8.46. The summed E-state index contributed by atoms with van der Waals surface area (Å²) in [5, 5.41) is 10.7. The lowest BCUT2D eigenvalue weighted by Crippen LogP contribution is -1.99. The summed E-state index contributed by atoms with van der Waals surface area (Å²) in [6.07, 6.45) is 11.6. The van der Waals surface area contributed by atoms with Crippen LogP contribution in [0.4, 0.5) is 0 Å². The van der Waals surface area contributed by atoms with Crippen LogP contribution in [0.2, 0.25) is 0 Å². The molecule has 0 bridgehead atoms. The number of rotatable bonds is 5. The van der Waals surface area contributed by atoms with Crippen LogP contribution >= 0.6 is 15.9 Å². The SMILES string of the molecule is Cc1cn(-c2ccc(-c3cccc4[nH]ccc34)cc2C)cn1.Cc1cn(-c2ccc(Br)cc2C)cn1.O[B]Oc1cccc2[nH]ccc12. The quantitative estimate of drug-likeness (QED) is 0.157. The number of halogens is 1. The number of nitrogens with one attached hydrogen (secondary N) is 2. The Hall–Kier alpha value is -5.32. The highest BCUT2D eigenvalue weighted by Crippen LogP contribution is 2.30. The zero-order valence-electron chi connectivity index (χ0n) is 27.1. The lowest BCUT2D eigenvalue weighted by Gasteiger charge is -2.10. The zero-order valence-corrected chi connectivity index (χ0v) is 28.7. The Labute approximate surface area is 288 Å². The monoisotopic (exact) mass is 697 g/mol. The lowest BCUT2D eigenvalue weighted by molar-refractivity contribution is 0.457. The second kappa shape index (κ2) is 14.6. The van der Waals surface area contributed by atoms with Gasteiger partial charge in [-0.1, -0.05) is 40.2 Å². The molecule has 4 aromatic heterocycles. The minimum Gasteiger partial charge on any atom is -0.537 e. The fourth-order valence-electron chi connectivity index (χ4n) is 5.68. The van der Waals surface area contributed by atoms with Gasteiger partial charge in [0, 0.05) is 62.4 Å². The van der Waals surface area contributed by atoms with Crippen LogP contribution in [0, 0.1) is 27.7 Å². The van der Waals surface area contributed by atoms with Crippen molar-refractivity contribution in [3.8, 4) is 28.3 Å². The molecule has 0 atom stereocenters. The van der Waals surface area contributed by atoms with E-state index in [1.54, 1.807) is 6.07 Å². The van der Waals surface area contributed by atoms with Crippen molar-refractivity contribution in [2.24, 2.45) is 0 Å². The second-order valence-corrected chi connectivity index (χ2v) is 12.4. The first kappa shape index (κ1) is 32.6. The van der Waals surface area contributed by atoms with Crippen molar-refractivity contribution in [2.75, 3.05) is 0 Å². The van der Waals surface area contributed by atoms with E-state index in [1.165, 1.54) is 44.5 Å². The molecule has 8 aromatic rings. The molecule has 4 heterocycles.